The van der Waals surface area contributed by atoms with Crippen LogP contribution < -0.4 is 11.1 Å². The number of carbonyl (C=O) groups is 1. The molecule has 0 spiro atoms. The van der Waals surface area contributed by atoms with Crippen molar-refractivity contribution in [3.63, 3.8) is 0 Å². The number of pyridine rings is 1. The Morgan fingerprint density at radius 1 is 1.06 bits per heavy atom. The number of aryl methyl sites for hydroxylation is 1. The van der Waals surface area contributed by atoms with Crippen LogP contribution in [0.25, 0.3) is 11.0 Å². The third-order valence-corrected chi connectivity index (χ3v) is 7.21. The van der Waals surface area contributed by atoms with Crippen LogP contribution in [0.3, 0.4) is 0 Å². The van der Waals surface area contributed by atoms with Gasteiger partial charge < -0.3 is 15.6 Å². The number of aromatic nitrogens is 2. The first kappa shape index (κ1) is 23.3. The van der Waals surface area contributed by atoms with E-state index in [1.54, 1.807) is 0 Å². The van der Waals surface area contributed by atoms with E-state index in [0.29, 0.717) is 6.42 Å². The highest BCUT2D eigenvalue weighted by Gasteiger charge is 2.26. The van der Waals surface area contributed by atoms with Gasteiger partial charge in [-0.15, -0.1) is 0 Å². The lowest BCUT2D eigenvalue weighted by atomic mass is 9.87. The second-order valence-corrected chi connectivity index (χ2v) is 9.92. The van der Waals surface area contributed by atoms with E-state index < -0.39 is 0 Å². The number of fused-ring (bicyclic) bond motifs is 1. The Morgan fingerprint density at radius 3 is 2.63 bits per heavy atom. The van der Waals surface area contributed by atoms with Gasteiger partial charge in [-0.3, -0.25) is 4.79 Å². The van der Waals surface area contributed by atoms with Gasteiger partial charge in [0.2, 0.25) is 5.91 Å². The lowest BCUT2D eigenvalue weighted by Crippen LogP contribution is -2.40. The second-order valence-electron chi connectivity index (χ2n) is 9.92. The molecule has 5 nitrogen and oxygen atoms in total. The molecule has 3 N–H and O–H groups in total. The van der Waals surface area contributed by atoms with Gasteiger partial charge in [0.1, 0.15) is 5.65 Å². The molecule has 4 aromatic rings. The van der Waals surface area contributed by atoms with Crippen molar-refractivity contribution in [1.82, 2.24) is 14.9 Å². The van der Waals surface area contributed by atoms with Crippen LogP contribution in [0.2, 0.25) is 0 Å². The van der Waals surface area contributed by atoms with Crippen LogP contribution in [0.5, 0.6) is 0 Å². The molecule has 1 amide bonds. The third kappa shape index (κ3) is 5.46. The van der Waals surface area contributed by atoms with Gasteiger partial charge in [0.15, 0.2) is 0 Å². The third-order valence-electron chi connectivity index (χ3n) is 7.21. The molecule has 0 saturated heterocycles. The SMILES string of the molecule is Cc1cccc(C(CC(=O)N[C@H]2CC[C@@H](N)CC2)c2cn(Cc3ccccc3)c3ncccc23)c1. The average molecular weight is 467 g/mol. The predicted octanol–water partition coefficient (Wildman–Crippen LogP) is 5.30. The number of hydrogen-bond acceptors (Lipinski definition) is 3. The molecule has 2 aromatic carbocycles. The molecule has 0 bridgehead atoms. The fourth-order valence-corrected chi connectivity index (χ4v) is 5.36. The van der Waals surface area contributed by atoms with Gasteiger partial charge in [0, 0.05) is 48.7 Å². The Morgan fingerprint density at radius 2 is 1.86 bits per heavy atom. The normalized spacial score (nSPS) is 18.9. The summed E-state index contributed by atoms with van der Waals surface area (Å²) in [7, 11) is 0. The summed E-state index contributed by atoms with van der Waals surface area (Å²) >= 11 is 0. The molecule has 1 aliphatic rings. The van der Waals surface area contributed by atoms with Crippen LogP contribution in [0, 0.1) is 6.92 Å². The fourth-order valence-electron chi connectivity index (χ4n) is 5.36. The topological polar surface area (TPSA) is 72.9 Å². The number of hydrogen-bond donors (Lipinski definition) is 2. The summed E-state index contributed by atoms with van der Waals surface area (Å²) < 4.78 is 2.21. The molecule has 35 heavy (non-hydrogen) atoms. The molecular weight excluding hydrogens is 432 g/mol. The Balaban J connectivity index is 1.49. The van der Waals surface area contributed by atoms with Crippen LogP contribution in [-0.4, -0.2) is 27.5 Å². The van der Waals surface area contributed by atoms with Crippen molar-refractivity contribution in [2.45, 2.75) is 63.6 Å². The molecular formula is C30H34N4O. The number of rotatable bonds is 7. The average Bonchev–Trinajstić information content (AvgIpc) is 3.23. The van der Waals surface area contributed by atoms with Crippen molar-refractivity contribution < 1.29 is 4.79 Å². The highest BCUT2D eigenvalue weighted by molar-refractivity contribution is 5.84. The highest BCUT2D eigenvalue weighted by atomic mass is 16.1. The van der Waals surface area contributed by atoms with Crippen molar-refractivity contribution in [2.24, 2.45) is 5.73 Å². The van der Waals surface area contributed by atoms with E-state index in [-0.39, 0.29) is 23.9 Å². The largest absolute Gasteiger partial charge is 0.353 e. The van der Waals surface area contributed by atoms with E-state index in [4.69, 9.17) is 10.7 Å². The fraction of sp³-hybridized carbons (Fsp3) is 0.333. The maximum Gasteiger partial charge on any atom is 0.221 e. The van der Waals surface area contributed by atoms with Crippen molar-refractivity contribution in [3.8, 4) is 0 Å². The number of carbonyl (C=O) groups excluding carboxylic acids is 1. The van der Waals surface area contributed by atoms with Gasteiger partial charge >= 0.3 is 0 Å². The van der Waals surface area contributed by atoms with Gasteiger partial charge in [0.05, 0.1) is 0 Å². The van der Waals surface area contributed by atoms with E-state index in [2.05, 4.69) is 77.6 Å². The summed E-state index contributed by atoms with van der Waals surface area (Å²) in [5.74, 6) is 0.0503. The lowest BCUT2D eigenvalue weighted by molar-refractivity contribution is -0.122. The number of nitrogens with zero attached hydrogens (tertiary/aromatic N) is 2. The molecule has 0 radical (unpaired) electrons. The zero-order chi connectivity index (χ0) is 24.2. The van der Waals surface area contributed by atoms with Crippen LogP contribution in [0.15, 0.2) is 79.1 Å². The minimum absolute atomic E-state index is 0.0514. The molecule has 1 atom stereocenters. The van der Waals surface area contributed by atoms with Gasteiger partial charge in [0.25, 0.3) is 0 Å². The summed E-state index contributed by atoms with van der Waals surface area (Å²) in [6, 6.07) is 23.6. The zero-order valence-electron chi connectivity index (χ0n) is 20.4. The molecule has 1 aliphatic carbocycles. The summed E-state index contributed by atoms with van der Waals surface area (Å²) in [6.07, 6.45) is 8.33. The smallest absolute Gasteiger partial charge is 0.221 e. The quantitative estimate of drug-likeness (QED) is 0.388. The van der Waals surface area contributed by atoms with E-state index in [9.17, 15) is 4.79 Å². The van der Waals surface area contributed by atoms with Crippen molar-refractivity contribution in [3.05, 3.63) is 101 Å². The minimum Gasteiger partial charge on any atom is -0.353 e. The van der Waals surface area contributed by atoms with Gasteiger partial charge in [-0.2, -0.15) is 0 Å². The van der Waals surface area contributed by atoms with E-state index in [1.165, 1.54) is 11.1 Å². The van der Waals surface area contributed by atoms with E-state index in [1.807, 2.05) is 18.3 Å². The maximum absolute atomic E-state index is 13.3. The van der Waals surface area contributed by atoms with Crippen LogP contribution in [0.1, 0.15) is 60.3 Å². The van der Waals surface area contributed by atoms with Crippen molar-refractivity contribution in [2.75, 3.05) is 0 Å². The molecule has 0 aliphatic heterocycles. The Labute approximate surface area is 207 Å². The standard InChI is InChI=1S/C30H34N4O/c1-21-7-5-10-23(17-21)27(18-29(35)33-25-14-12-24(31)13-15-25)28-20-34(19-22-8-3-2-4-9-22)30-26(28)11-6-16-32-30/h2-11,16-17,20,24-25,27H,12-15,18-19,31H2,1H3,(H,33,35)/t24-,25+,27?. The molecule has 1 saturated carbocycles. The summed E-state index contributed by atoms with van der Waals surface area (Å²) in [6.45, 7) is 2.84. The summed E-state index contributed by atoms with van der Waals surface area (Å²) in [5.41, 5.74) is 11.7. The monoisotopic (exact) mass is 466 g/mol. The Hall–Kier alpha value is -3.44. The highest BCUT2D eigenvalue weighted by Crippen LogP contribution is 2.35. The van der Waals surface area contributed by atoms with Crippen molar-refractivity contribution in [1.29, 1.82) is 0 Å². The Bertz CT molecular complexity index is 1290. The molecule has 180 valence electrons. The van der Waals surface area contributed by atoms with Crippen LogP contribution >= 0.6 is 0 Å². The van der Waals surface area contributed by atoms with Gasteiger partial charge in [-0.05, 0) is 61.4 Å². The molecule has 2 heterocycles. The van der Waals surface area contributed by atoms with Crippen molar-refractivity contribution >= 4 is 16.9 Å². The molecule has 1 unspecified atom stereocenters. The van der Waals surface area contributed by atoms with Crippen LogP contribution in [0.4, 0.5) is 0 Å². The van der Waals surface area contributed by atoms with Gasteiger partial charge in [-0.1, -0.05) is 60.2 Å². The predicted molar refractivity (Wildman–Crippen MR) is 141 cm³/mol. The Kier molecular flexibility index (Phi) is 6.96. The zero-order valence-corrected chi connectivity index (χ0v) is 20.4. The van der Waals surface area contributed by atoms with E-state index >= 15 is 0 Å². The van der Waals surface area contributed by atoms with E-state index in [0.717, 1.165) is 54.4 Å². The number of amides is 1. The summed E-state index contributed by atoms with van der Waals surface area (Å²) in [5, 5.41) is 4.40. The lowest BCUT2D eigenvalue weighted by Gasteiger charge is -2.27. The maximum atomic E-state index is 13.3. The molecule has 2 aromatic heterocycles. The van der Waals surface area contributed by atoms with Gasteiger partial charge in [-0.25, -0.2) is 4.98 Å². The molecule has 5 rings (SSSR count). The number of nitrogens with one attached hydrogen (secondary N) is 1. The first-order valence-electron chi connectivity index (χ1n) is 12.7. The molecule has 5 heteroatoms. The second kappa shape index (κ2) is 10.4. The van der Waals surface area contributed by atoms with Crippen LogP contribution in [-0.2, 0) is 11.3 Å². The minimum atomic E-state index is -0.0514. The summed E-state index contributed by atoms with van der Waals surface area (Å²) in [4.78, 5) is 18.0. The number of benzene rings is 2. The number of nitrogens with two attached hydrogens (primary N) is 1. The first-order valence-corrected chi connectivity index (χ1v) is 12.7. The molecule has 1 fully saturated rings. The first-order chi connectivity index (χ1) is 17.1.